The highest BCUT2D eigenvalue weighted by atomic mass is 16.2. The minimum atomic E-state index is 0.00532. The van der Waals surface area contributed by atoms with E-state index in [9.17, 15) is 4.79 Å². The van der Waals surface area contributed by atoms with Gasteiger partial charge in [0.25, 0.3) is 5.91 Å². The van der Waals surface area contributed by atoms with Crippen LogP contribution in [0.15, 0.2) is 48.8 Å². The van der Waals surface area contributed by atoms with Crippen molar-refractivity contribution in [3.05, 3.63) is 54.4 Å². The van der Waals surface area contributed by atoms with E-state index < -0.39 is 0 Å². The molecule has 1 N–H and O–H groups in total. The zero-order valence-corrected chi connectivity index (χ0v) is 12.5. The summed E-state index contributed by atoms with van der Waals surface area (Å²) in [4.78, 5) is 18.3. The predicted octanol–water partition coefficient (Wildman–Crippen LogP) is 3.57. The molecule has 0 saturated carbocycles. The Hall–Kier alpha value is -2.36. The molecule has 0 aliphatic carbocycles. The number of hydrogen-bond donors (Lipinski definition) is 1. The molecule has 1 aromatic heterocycles. The summed E-state index contributed by atoms with van der Waals surface area (Å²) in [6.45, 7) is 5.65. The summed E-state index contributed by atoms with van der Waals surface area (Å²) < 4.78 is 0. The molecule has 0 aliphatic rings. The van der Waals surface area contributed by atoms with Gasteiger partial charge in [-0.2, -0.15) is 0 Å². The molecule has 0 atom stereocenters. The molecule has 21 heavy (non-hydrogen) atoms. The fourth-order valence-corrected chi connectivity index (χ4v) is 2.12. The van der Waals surface area contributed by atoms with E-state index >= 15 is 0 Å². The van der Waals surface area contributed by atoms with E-state index in [0.29, 0.717) is 12.1 Å². The fraction of sp³-hybridized carbons (Fsp3) is 0.294. The predicted molar refractivity (Wildman–Crippen MR) is 86.8 cm³/mol. The number of aromatic nitrogens is 1. The van der Waals surface area contributed by atoms with Gasteiger partial charge in [-0.15, -0.1) is 0 Å². The van der Waals surface area contributed by atoms with Crippen LogP contribution in [0.5, 0.6) is 0 Å². The van der Waals surface area contributed by atoms with Gasteiger partial charge in [0.15, 0.2) is 0 Å². The van der Waals surface area contributed by atoms with Crippen molar-refractivity contribution in [2.24, 2.45) is 0 Å². The fourth-order valence-electron chi connectivity index (χ4n) is 2.12. The van der Waals surface area contributed by atoms with Gasteiger partial charge in [-0.3, -0.25) is 9.78 Å². The number of nitrogens with one attached hydrogen (secondary N) is 1. The lowest BCUT2D eigenvalue weighted by Gasteiger charge is -2.21. The maximum absolute atomic E-state index is 12.6. The van der Waals surface area contributed by atoms with Crippen LogP contribution in [-0.2, 0) is 0 Å². The number of pyridine rings is 1. The molecular formula is C17H21N3O. The Kier molecular flexibility index (Phi) is 5.32. The molecule has 4 nitrogen and oxygen atoms in total. The molecule has 2 aromatic rings. The number of amides is 1. The molecule has 0 bridgehead atoms. The van der Waals surface area contributed by atoms with E-state index in [0.717, 1.165) is 24.3 Å². The standard InChI is InChI=1S/C17H21N3O/c1-3-11-19-15-7-5-14(6-8-15)17(21)20(4-2)16-9-12-18-13-10-16/h5-10,12-13,19H,3-4,11H2,1-2H3. The second kappa shape index (κ2) is 7.43. The van der Waals surface area contributed by atoms with Crippen LogP contribution in [0.3, 0.4) is 0 Å². The molecule has 1 aromatic carbocycles. The summed E-state index contributed by atoms with van der Waals surface area (Å²) in [5.74, 6) is 0.00532. The monoisotopic (exact) mass is 283 g/mol. The number of nitrogens with zero attached hydrogens (tertiary/aromatic N) is 2. The average molecular weight is 283 g/mol. The minimum absolute atomic E-state index is 0.00532. The van der Waals surface area contributed by atoms with Crippen LogP contribution in [0.25, 0.3) is 0 Å². The lowest BCUT2D eigenvalue weighted by Crippen LogP contribution is -2.30. The number of anilines is 2. The zero-order chi connectivity index (χ0) is 15.1. The number of rotatable bonds is 6. The first-order valence-corrected chi connectivity index (χ1v) is 7.32. The summed E-state index contributed by atoms with van der Waals surface area (Å²) in [5.41, 5.74) is 2.60. The van der Waals surface area contributed by atoms with Gasteiger partial charge < -0.3 is 10.2 Å². The summed E-state index contributed by atoms with van der Waals surface area (Å²) in [7, 11) is 0. The summed E-state index contributed by atoms with van der Waals surface area (Å²) >= 11 is 0. The van der Waals surface area contributed by atoms with E-state index in [4.69, 9.17) is 0 Å². The van der Waals surface area contributed by atoms with Crippen LogP contribution in [0.4, 0.5) is 11.4 Å². The van der Waals surface area contributed by atoms with E-state index in [1.807, 2.05) is 43.3 Å². The molecule has 0 fully saturated rings. The first kappa shape index (κ1) is 15.0. The van der Waals surface area contributed by atoms with Gasteiger partial charge in [0.05, 0.1) is 0 Å². The smallest absolute Gasteiger partial charge is 0.258 e. The van der Waals surface area contributed by atoms with E-state index in [1.165, 1.54) is 0 Å². The first-order valence-electron chi connectivity index (χ1n) is 7.32. The lowest BCUT2D eigenvalue weighted by atomic mass is 10.1. The maximum atomic E-state index is 12.6. The molecule has 110 valence electrons. The molecule has 0 radical (unpaired) electrons. The van der Waals surface area contributed by atoms with Gasteiger partial charge in [-0.05, 0) is 49.7 Å². The highest BCUT2D eigenvalue weighted by Gasteiger charge is 2.15. The number of benzene rings is 1. The van der Waals surface area contributed by atoms with Gasteiger partial charge in [0.1, 0.15) is 0 Å². The quantitative estimate of drug-likeness (QED) is 0.881. The normalized spacial score (nSPS) is 10.2. The minimum Gasteiger partial charge on any atom is -0.385 e. The Balaban J connectivity index is 2.14. The Bertz CT molecular complexity index is 566. The van der Waals surface area contributed by atoms with Gasteiger partial charge in [0, 0.05) is 42.4 Å². The third-order valence-electron chi connectivity index (χ3n) is 3.25. The van der Waals surface area contributed by atoms with Gasteiger partial charge in [-0.1, -0.05) is 6.92 Å². The Morgan fingerprint density at radius 1 is 1.10 bits per heavy atom. The molecular weight excluding hydrogens is 262 g/mol. The van der Waals surface area contributed by atoms with Crippen molar-refractivity contribution in [2.75, 3.05) is 23.3 Å². The number of hydrogen-bond acceptors (Lipinski definition) is 3. The Morgan fingerprint density at radius 2 is 1.76 bits per heavy atom. The number of carbonyl (C=O) groups excluding carboxylic acids is 1. The molecule has 1 heterocycles. The Morgan fingerprint density at radius 3 is 2.33 bits per heavy atom. The van der Waals surface area contributed by atoms with Crippen molar-refractivity contribution in [3.8, 4) is 0 Å². The third-order valence-corrected chi connectivity index (χ3v) is 3.25. The van der Waals surface area contributed by atoms with Crippen molar-refractivity contribution in [2.45, 2.75) is 20.3 Å². The van der Waals surface area contributed by atoms with E-state index in [2.05, 4.69) is 17.2 Å². The van der Waals surface area contributed by atoms with Crippen LogP contribution in [0, 0.1) is 0 Å². The maximum Gasteiger partial charge on any atom is 0.258 e. The van der Waals surface area contributed by atoms with Gasteiger partial charge in [0.2, 0.25) is 0 Å². The van der Waals surface area contributed by atoms with Crippen molar-refractivity contribution < 1.29 is 4.79 Å². The zero-order valence-electron chi connectivity index (χ0n) is 12.5. The highest BCUT2D eigenvalue weighted by Crippen LogP contribution is 2.17. The first-order chi connectivity index (χ1) is 10.3. The van der Waals surface area contributed by atoms with Gasteiger partial charge >= 0.3 is 0 Å². The molecule has 0 unspecified atom stereocenters. The summed E-state index contributed by atoms with van der Waals surface area (Å²) in [6.07, 6.45) is 4.47. The SMILES string of the molecule is CCCNc1ccc(C(=O)N(CC)c2ccncc2)cc1. The molecule has 0 spiro atoms. The summed E-state index contributed by atoms with van der Waals surface area (Å²) in [6, 6.07) is 11.3. The summed E-state index contributed by atoms with van der Waals surface area (Å²) in [5, 5.41) is 3.30. The molecule has 0 aliphatic heterocycles. The lowest BCUT2D eigenvalue weighted by molar-refractivity contribution is 0.0988. The van der Waals surface area contributed by atoms with Crippen LogP contribution in [0.2, 0.25) is 0 Å². The van der Waals surface area contributed by atoms with E-state index in [1.54, 1.807) is 17.3 Å². The van der Waals surface area contributed by atoms with Crippen LogP contribution in [-0.4, -0.2) is 24.0 Å². The highest BCUT2D eigenvalue weighted by molar-refractivity contribution is 6.06. The van der Waals surface area contributed by atoms with Crippen LogP contribution in [0.1, 0.15) is 30.6 Å². The van der Waals surface area contributed by atoms with Gasteiger partial charge in [-0.25, -0.2) is 0 Å². The topological polar surface area (TPSA) is 45.2 Å². The van der Waals surface area contributed by atoms with Crippen molar-refractivity contribution in [1.82, 2.24) is 4.98 Å². The second-order valence-corrected chi connectivity index (χ2v) is 4.76. The average Bonchev–Trinajstić information content (AvgIpc) is 2.55. The molecule has 2 rings (SSSR count). The second-order valence-electron chi connectivity index (χ2n) is 4.76. The van der Waals surface area contributed by atoms with E-state index in [-0.39, 0.29) is 5.91 Å². The third kappa shape index (κ3) is 3.81. The number of carbonyl (C=O) groups is 1. The van der Waals surface area contributed by atoms with Crippen molar-refractivity contribution in [1.29, 1.82) is 0 Å². The van der Waals surface area contributed by atoms with Crippen LogP contribution >= 0.6 is 0 Å². The van der Waals surface area contributed by atoms with Crippen LogP contribution < -0.4 is 10.2 Å². The molecule has 0 saturated heterocycles. The molecule has 4 heteroatoms. The van der Waals surface area contributed by atoms with Crippen molar-refractivity contribution in [3.63, 3.8) is 0 Å². The largest absolute Gasteiger partial charge is 0.385 e. The molecule has 1 amide bonds. The Labute approximate surface area is 125 Å². The van der Waals surface area contributed by atoms with Crippen molar-refractivity contribution >= 4 is 17.3 Å².